The van der Waals surface area contributed by atoms with Crippen LogP contribution in [0.3, 0.4) is 0 Å². The molecular weight excluding hydrogens is 338 g/mol. The Morgan fingerprint density at radius 1 is 1.15 bits per heavy atom. The number of para-hydroxylation sites is 2. The number of methoxy groups -OCH3 is 1. The van der Waals surface area contributed by atoms with E-state index < -0.39 is 0 Å². The van der Waals surface area contributed by atoms with Gasteiger partial charge in [-0.05, 0) is 28.1 Å². The number of anilines is 2. The first kappa shape index (κ1) is 13.7. The molecule has 1 aliphatic heterocycles. The first-order valence-electron chi connectivity index (χ1n) is 6.52. The minimum Gasteiger partial charge on any atom is -0.495 e. The second kappa shape index (κ2) is 6.01. The van der Waals surface area contributed by atoms with Crippen LogP contribution in [0.4, 0.5) is 10.8 Å². The molecule has 0 unspecified atom stereocenters. The van der Waals surface area contributed by atoms with Crippen molar-refractivity contribution in [3.8, 4) is 5.75 Å². The molecule has 20 heavy (non-hydrogen) atoms. The zero-order valence-corrected chi connectivity index (χ0v) is 13.7. The summed E-state index contributed by atoms with van der Waals surface area (Å²) < 4.78 is 6.36. The van der Waals surface area contributed by atoms with E-state index in [2.05, 4.69) is 42.8 Å². The summed E-state index contributed by atoms with van der Waals surface area (Å²) in [7, 11) is 1.72. The van der Waals surface area contributed by atoms with E-state index in [1.165, 1.54) is 5.69 Å². The van der Waals surface area contributed by atoms with E-state index in [4.69, 9.17) is 4.74 Å². The van der Waals surface area contributed by atoms with Gasteiger partial charge in [-0.25, -0.2) is 4.98 Å². The molecule has 1 aliphatic rings. The first-order chi connectivity index (χ1) is 9.78. The van der Waals surface area contributed by atoms with Crippen molar-refractivity contribution in [2.24, 2.45) is 0 Å². The molecule has 106 valence electrons. The van der Waals surface area contributed by atoms with E-state index >= 15 is 0 Å². The van der Waals surface area contributed by atoms with Gasteiger partial charge in [0.1, 0.15) is 10.4 Å². The zero-order chi connectivity index (χ0) is 13.9. The molecule has 1 fully saturated rings. The molecule has 1 aromatic heterocycles. The molecule has 0 amide bonds. The predicted octanol–water partition coefficient (Wildman–Crippen LogP) is 3.24. The van der Waals surface area contributed by atoms with E-state index in [0.29, 0.717) is 0 Å². The molecule has 2 heterocycles. The van der Waals surface area contributed by atoms with Crippen molar-refractivity contribution in [3.05, 3.63) is 34.2 Å². The van der Waals surface area contributed by atoms with Gasteiger partial charge in [0.05, 0.1) is 12.8 Å². The van der Waals surface area contributed by atoms with Crippen LogP contribution in [0.2, 0.25) is 0 Å². The molecule has 6 heteroatoms. The number of nitrogens with zero attached hydrogens (tertiary/aromatic N) is 3. The number of halogens is 1. The third-order valence-corrected chi connectivity index (χ3v) is 5.05. The van der Waals surface area contributed by atoms with E-state index in [1.54, 1.807) is 18.4 Å². The van der Waals surface area contributed by atoms with Gasteiger partial charge in [0.2, 0.25) is 0 Å². The van der Waals surface area contributed by atoms with Crippen molar-refractivity contribution in [2.45, 2.75) is 0 Å². The summed E-state index contributed by atoms with van der Waals surface area (Å²) in [4.78, 5) is 9.19. The van der Waals surface area contributed by atoms with Crippen LogP contribution < -0.4 is 14.5 Å². The normalized spacial score (nSPS) is 15.5. The van der Waals surface area contributed by atoms with Crippen molar-refractivity contribution in [3.63, 3.8) is 0 Å². The molecule has 0 atom stereocenters. The Balaban J connectivity index is 1.69. The van der Waals surface area contributed by atoms with Crippen molar-refractivity contribution in [1.82, 2.24) is 4.98 Å². The Labute approximate surface area is 131 Å². The molecule has 4 nitrogen and oxygen atoms in total. The lowest BCUT2D eigenvalue weighted by atomic mass is 10.2. The fraction of sp³-hybridized carbons (Fsp3) is 0.357. The molecule has 3 rings (SSSR count). The molecule has 2 aromatic rings. The number of ether oxygens (including phenoxy) is 1. The number of thiazole rings is 1. The van der Waals surface area contributed by atoms with Gasteiger partial charge in [0.15, 0.2) is 5.13 Å². The minimum absolute atomic E-state index is 0.921. The molecule has 0 bridgehead atoms. The highest BCUT2D eigenvalue weighted by atomic mass is 79.9. The van der Waals surface area contributed by atoms with Crippen molar-refractivity contribution in [2.75, 3.05) is 43.1 Å². The Kier molecular flexibility index (Phi) is 4.12. The van der Waals surface area contributed by atoms with Crippen LogP contribution in [0.15, 0.2) is 34.2 Å². The second-order valence-corrected chi connectivity index (χ2v) is 6.25. The van der Waals surface area contributed by atoms with Gasteiger partial charge in [0.25, 0.3) is 0 Å². The fourth-order valence-corrected chi connectivity index (χ4v) is 3.72. The summed E-state index contributed by atoms with van der Waals surface area (Å²) in [5.74, 6) is 0.943. The average Bonchev–Trinajstić information content (AvgIpc) is 2.94. The van der Waals surface area contributed by atoms with Gasteiger partial charge >= 0.3 is 0 Å². The maximum absolute atomic E-state index is 5.44. The summed E-state index contributed by atoms with van der Waals surface area (Å²) in [6.07, 6.45) is 0. The van der Waals surface area contributed by atoms with Crippen molar-refractivity contribution in [1.29, 1.82) is 0 Å². The van der Waals surface area contributed by atoms with E-state index in [0.717, 1.165) is 41.7 Å². The summed E-state index contributed by atoms with van der Waals surface area (Å²) >= 11 is 5.10. The average molecular weight is 354 g/mol. The molecule has 0 spiro atoms. The quantitative estimate of drug-likeness (QED) is 0.846. The summed E-state index contributed by atoms with van der Waals surface area (Å²) in [6, 6.07) is 8.20. The van der Waals surface area contributed by atoms with Gasteiger partial charge in [-0.2, -0.15) is 0 Å². The van der Waals surface area contributed by atoms with Gasteiger partial charge in [-0.1, -0.05) is 12.1 Å². The number of rotatable bonds is 3. The summed E-state index contributed by atoms with van der Waals surface area (Å²) in [6.45, 7) is 3.94. The lowest BCUT2D eigenvalue weighted by Crippen LogP contribution is -2.46. The van der Waals surface area contributed by atoms with Gasteiger partial charge in [-0.15, -0.1) is 11.3 Å². The minimum atomic E-state index is 0.921. The Hall–Kier alpha value is -1.27. The lowest BCUT2D eigenvalue weighted by molar-refractivity contribution is 0.413. The van der Waals surface area contributed by atoms with Crippen LogP contribution in [0, 0.1) is 0 Å². The standard InChI is InChI=1S/C14H16BrN3OS/c1-19-12-5-3-2-4-11(12)17-6-8-18(9-7-17)14-16-13(15)10-20-14/h2-5,10H,6-9H2,1H3. The molecule has 0 aliphatic carbocycles. The van der Waals surface area contributed by atoms with Gasteiger partial charge in [0, 0.05) is 31.6 Å². The highest BCUT2D eigenvalue weighted by Crippen LogP contribution is 2.30. The molecule has 0 N–H and O–H groups in total. The number of aromatic nitrogens is 1. The Morgan fingerprint density at radius 3 is 2.50 bits per heavy atom. The zero-order valence-electron chi connectivity index (χ0n) is 11.3. The molecular formula is C14H16BrN3OS. The first-order valence-corrected chi connectivity index (χ1v) is 8.19. The van der Waals surface area contributed by atoms with Crippen LogP contribution >= 0.6 is 27.3 Å². The Morgan fingerprint density at radius 2 is 1.85 bits per heavy atom. The number of hydrogen-bond donors (Lipinski definition) is 0. The third-order valence-electron chi connectivity index (χ3n) is 3.44. The molecule has 0 radical (unpaired) electrons. The van der Waals surface area contributed by atoms with E-state index in [1.807, 2.05) is 17.5 Å². The van der Waals surface area contributed by atoms with Crippen LogP contribution in [0.25, 0.3) is 0 Å². The predicted molar refractivity (Wildman–Crippen MR) is 87.2 cm³/mol. The number of benzene rings is 1. The van der Waals surface area contributed by atoms with Crippen LogP contribution in [-0.2, 0) is 0 Å². The smallest absolute Gasteiger partial charge is 0.186 e. The van der Waals surface area contributed by atoms with Gasteiger partial charge in [-0.3, -0.25) is 0 Å². The number of piperazine rings is 1. The van der Waals surface area contributed by atoms with Crippen molar-refractivity contribution < 1.29 is 4.74 Å². The highest BCUT2D eigenvalue weighted by molar-refractivity contribution is 9.10. The van der Waals surface area contributed by atoms with E-state index in [9.17, 15) is 0 Å². The molecule has 1 saturated heterocycles. The summed E-state index contributed by atoms with van der Waals surface area (Å²) in [5, 5.41) is 3.12. The van der Waals surface area contributed by atoms with Gasteiger partial charge < -0.3 is 14.5 Å². The van der Waals surface area contributed by atoms with Crippen LogP contribution in [0.5, 0.6) is 5.75 Å². The van der Waals surface area contributed by atoms with Crippen LogP contribution in [0.1, 0.15) is 0 Å². The maximum Gasteiger partial charge on any atom is 0.186 e. The molecule has 1 aromatic carbocycles. The monoisotopic (exact) mass is 353 g/mol. The van der Waals surface area contributed by atoms with Crippen LogP contribution in [-0.4, -0.2) is 38.3 Å². The number of hydrogen-bond acceptors (Lipinski definition) is 5. The Bertz CT molecular complexity index is 581. The highest BCUT2D eigenvalue weighted by Gasteiger charge is 2.21. The lowest BCUT2D eigenvalue weighted by Gasteiger charge is -2.36. The second-order valence-electron chi connectivity index (χ2n) is 4.60. The topological polar surface area (TPSA) is 28.6 Å². The SMILES string of the molecule is COc1ccccc1N1CCN(c2nc(Br)cs2)CC1. The molecule has 0 saturated carbocycles. The largest absolute Gasteiger partial charge is 0.495 e. The van der Waals surface area contributed by atoms with E-state index in [-0.39, 0.29) is 0 Å². The summed E-state index contributed by atoms with van der Waals surface area (Å²) in [5.41, 5.74) is 1.18. The fourth-order valence-electron chi connectivity index (χ4n) is 2.42. The maximum atomic E-state index is 5.44. The van der Waals surface area contributed by atoms with Crippen molar-refractivity contribution >= 4 is 38.1 Å². The third kappa shape index (κ3) is 2.76.